The molecule has 7 nitrogen and oxygen atoms in total. The summed E-state index contributed by atoms with van der Waals surface area (Å²) in [6.07, 6.45) is 0. The molecule has 0 saturated carbocycles. The first-order chi connectivity index (χ1) is 16.0. The highest BCUT2D eigenvalue weighted by Crippen LogP contribution is 2.21. The number of aryl methyl sites for hydroxylation is 2. The van der Waals surface area contributed by atoms with Crippen molar-refractivity contribution in [2.75, 3.05) is 33.2 Å². The van der Waals surface area contributed by atoms with Crippen molar-refractivity contribution in [2.45, 2.75) is 33.5 Å². The topological polar surface area (TPSA) is 70.8 Å². The molecule has 1 aliphatic rings. The molecule has 1 N–H and O–H groups in total. The van der Waals surface area contributed by atoms with Gasteiger partial charge in [-0.15, -0.1) is 0 Å². The molecular formula is C26H32N4O3. The molecule has 7 heteroatoms. The van der Waals surface area contributed by atoms with Crippen LogP contribution in [0.5, 0.6) is 5.75 Å². The highest BCUT2D eigenvalue weighted by atomic mass is 16.5. The summed E-state index contributed by atoms with van der Waals surface area (Å²) in [5.41, 5.74) is 4.57. The van der Waals surface area contributed by atoms with Crippen LogP contribution in [0.2, 0.25) is 0 Å². The van der Waals surface area contributed by atoms with Crippen molar-refractivity contribution < 1.29 is 14.1 Å². The largest absolute Gasteiger partial charge is 0.488 e. The Balaban J connectivity index is 1.35. The highest BCUT2D eigenvalue weighted by molar-refractivity contribution is 5.96. The maximum Gasteiger partial charge on any atom is 0.255 e. The molecule has 1 aliphatic heterocycles. The van der Waals surface area contributed by atoms with Gasteiger partial charge in [-0.1, -0.05) is 41.6 Å². The predicted molar refractivity (Wildman–Crippen MR) is 127 cm³/mol. The van der Waals surface area contributed by atoms with Gasteiger partial charge in [0.15, 0.2) is 0 Å². The number of piperazine rings is 1. The van der Waals surface area contributed by atoms with Crippen LogP contribution in [0, 0.1) is 13.8 Å². The van der Waals surface area contributed by atoms with Gasteiger partial charge in [0.2, 0.25) is 0 Å². The summed E-state index contributed by atoms with van der Waals surface area (Å²) in [5.74, 6) is 1.11. The van der Waals surface area contributed by atoms with E-state index < -0.39 is 0 Å². The highest BCUT2D eigenvalue weighted by Gasteiger charge is 2.16. The van der Waals surface area contributed by atoms with Gasteiger partial charge >= 0.3 is 0 Å². The molecule has 2 heterocycles. The van der Waals surface area contributed by atoms with Gasteiger partial charge in [0.05, 0.1) is 16.8 Å². The lowest BCUT2D eigenvalue weighted by atomic mass is 10.1. The van der Waals surface area contributed by atoms with E-state index in [1.807, 2.05) is 38.1 Å². The second-order valence-corrected chi connectivity index (χ2v) is 8.67. The van der Waals surface area contributed by atoms with E-state index in [0.717, 1.165) is 55.3 Å². The molecule has 0 radical (unpaired) electrons. The fourth-order valence-electron chi connectivity index (χ4n) is 4.02. The summed E-state index contributed by atoms with van der Waals surface area (Å²) in [4.78, 5) is 17.8. The first-order valence-electron chi connectivity index (χ1n) is 11.4. The number of hydrogen-bond acceptors (Lipinski definition) is 6. The Hall–Kier alpha value is -3.16. The zero-order valence-corrected chi connectivity index (χ0v) is 19.6. The van der Waals surface area contributed by atoms with Crippen LogP contribution in [-0.4, -0.2) is 54.1 Å². The quantitative estimate of drug-likeness (QED) is 0.568. The Labute approximate surface area is 195 Å². The van der Waals surface area contributed by atoms with Gasteiger partial charge in [-0.3, -0.25) is 9.69 Å². The van der Waals surface area contributed by atoms with E-state index in [1.165, 1.54) is 5.56 Å². The number of ether oxygens (including phenoxy) is 1. The maximum atomic E-state index is 12.9. The van der Waals surface area contributed by atoms with Gasteiger partial charge < -0.3 is 19.5 Å². The number of aromatic nitrogens is 1. The second-order valence-electron chi connectivity index (χ2n) is 8.67. The predicted octanol–water partition coefficient (Wildman–Crippen LogP) is 3.55. The lowest BCUT2D eigenvalue weighted by Gasteiger charge is -2.32. The van der Waals surface area contributed by atoms with Crippen molar-refractivity contribution >= 4 is 5.91 Å². The molecule has 0 unspecified atom stereocenters. The number of likely N-dealkylation sites (N-methyl/N-ethyl adjacent to an activating group) is 1. The third kappa shape index (κ3) is 6.00. The number of carbonyl (C=O) groups is 1. The molecule has 0 spiro atoms. The van der Waals surface area contributed by atoms with Crippen molar-refractivity contribution in [1.29, 1.82) is 0 Å². The van der Waals surface area contributed by atoms with Crippen molar-refractivity contribution in [3.05, 3.63) is 82.2 Å². The zero-order chi connectivity index (χ0) is 23.2. The Morgan fingerprint density at radius 1 is 1.06 bits per heavy atom. The molecule has 0 atom stereocenters. The Morgan fingerprint density at radius 2 is 1.82 bits per heavy atom. The standard InChI is InChI=1S/C26H32N4O3/c1-19-24(20(2)33-28-19)18-32-25-10-5-4-9-23(25)26(31)27-16-21-7-6-8-22(15-21)17-30-13-11-29(3)12-14-30/h4-10,15H,11-14,16-18H2,1-3H3,(H,27,31). The summed E-state index contributed by atoms with van der Waals surface area (Å²) in [7, 11) is 2.17. The van der Waals surface area contributed by atoms with Crippen molar-refractivity contribution in [2.24, 2.45) is 0 Å². The summed E-state index contributed by atoms with van der Waals surface area (Å²) in [5, 5.41) is 6.99. The second kappa shape index (κ2) is 10.6. The molecule has 1 fully saturated rings. The van der Waals surface area contributed by atoms with Crippen molar-refractivity contribution in [1.82, 2.24) is 20.3 Å². The molecule has 1 saturated heterocycles. The van der Waals surface area contributed by atoms with E-state index in [1.54, 1.807) is 6.07 Å². The van der Waals surface area contributed by atoms with Gasteiger partial charge in [0.1, 0.15) is 18.1 Å². The number of nitrogens with zero attached hydrogens (tertiary/aromatic N) is 3. The van der Waals surface area contributed by atoms with Crippen LogP contribution in [0.3, 0.4) is 0 Å². The number of amides is 1. The van der Waals surface area contributed by atoms with Crippen molar-refractivity contribution in [3.63, 3.8) is 0 Å². The number of benzene rings is 2. The fraction of sp³-hybridized carbons (Fsp3) is 0.385. The molecule has 0 bridgehead atoms. The molecule has 33 heavy (non-hydrogen) atoms. The van der Waals surface area contributed by atoms with E-state index in [2.05, 4.69) is 45.5 Å². The van der Waals surface area contributed by atoms with Crippen LogP contribution in [0.1, 0.15) is 38.5 Å². The van der Waals surface area contributed by atoms with E-state index in [4.69, 9.17) is 9.26 Å². The first kappa shape index (κ1) is 23.0. The first-order valence-corrected chi connectivity index (χ1v) is 11.4. The molecular weight excluding hydrogens is 416 g/mol. The Kier molecular flexibility index (Phi) is 7.42. The van der Waals surface area contributed by atoms with Gasteiger partial charge in [-0.05, 0) is 44.2 Å². The number of para-hydroxylation sites is 1. The summed E-state index contributed by atoms with van der Waals surface area (Å²) in [6.45, 7) is 9.83. The normalized spacial score (nSPS) is 14.9. The number of rotatable bonds is 8. The van der Waals surface area contributed by atoms with E-state index in [0.29, 0.717) is 24.5 Å². The monoisotopic (exact) mass is 448 g/mol. The minimum atomic E-state index is -0.158. The molecule has 3 aromatic rings. The zero-order valence-electron chi connectivity index (χ0n) is 19.6. The minimum Gasteiger partial charge on any atom is -0.488 e. The minimum absolute atomic E-state index is 0.158. The fourth-order valence-corrected chi connectivity index (χ4v) is 4.02. The van der Waals surface area contributed by atoms with E-state index in [9.17, 15) is 4.79 Å². The van der Waals surface area contributed by atoms with Crippen LogP contribution in [0.4, 0.5) is 0 Å². The number of carbonyl (C=O) groups excluding carboxylic acids is 1. The third-order valence-corrected chi connectivity index (χ3v) is 6.13. The van der Waals surface area contributed by atoms with Crippen LogP contribution in [0.25, 0.3) is 0 Å². The summed E-state index contributed by atoms with van der Waals surface area (Å²) < 4.78 is 11.2. The van der Waals surface area contributed by atoms with Crippen LogP contribution >= 0.6 is 0 Å². The van der Waals surface area contributed by atoms with Crippen LogP contribution in [-0.2, 0) is 19.7 Å². The molecule has 1 amide bonds. The Morgan fingerprint density at radius 3 is 2.58 bits per heavy atom. The van der Waals surface area contributed by atoms with Crippen molar-refractivity contribution in [3.8, 4) is 5.75 Å². The van der Waals surface area contributed by atoms with Gasteiger partial charge in [0.25, 0.3) is 5.91 Å². The smallest absolute Gasteiger partial charge is 0.255 e. The van der Waals surface area contributed by atoms with Crippen LogP contribution in [0.15, 0.2) is 53.1 Å². The van der Waals surface area contributed by atoms with Gasteiger partial charge in [0, 0.05) is 39.3 Å². The molecule has 0 aliphatic carbocycles. The van der Waals surface area contributed by atoms with Crippen LogP contribution < -0.4 is 10.1 Å². The summed E-state index contributed by atoms with van der Waals surface area (Å²) in [6, 6.07) is 15.7. The molecule has 2 aromatic carbocycles. The number of nitrogens with one attached hydrogen (secondary N) is 1. The lowest BCUT2D eigenvalue weighted by molar-refractivity contribution is 0.0946. The SMILES string of the molecule is Cc1noc(C)c1COc1ccccc1C(=O)NCc1cccc(CN2CCN(C)CC2)c1. The molecule has 4 rings (SSSR count). The maximum absolute atomic E-state index is 12.9. The number of hydrogen-bond donors (Lipinski definition) is 1. The van der Waals surface area contributed by atoms with E-state index >= 15 is 0 Å². The summed E-state index contributed by atoms with van der Waals surface area (Å²) >= 11 is 0. The lowest BCUT2D eigenvalue weighted by Crippen LogP contribution is -2.43. The van der Waals surface area contributed by atoms with Gasteiger partial charge in [-0.2, -0.15) is 0 Å². The molecule has 1 aromatic heterocycles. The molecule has 174 valence electrons. The Bertz CT molecular complexity index is 1070. The third-order valence-electron chi connectivity index (χ3n) is 6.13. The van der Waals surface area contributed by atoms with E-state index in [-0.39, 0.29) is 5.91 Å². The average Bonchev–Trinajstić information content (AvgIpc) is 3.15. The van der Waals surface area contributed by atoms with Gasteiger partial charge in [-0.25, -0.2) is 0 Å². The average molecular weight is 449 g/mol.